The molecule has 0 unspecified atom stereocenters. The topological polar surface area (TPSA) is 50.7 Å². The second kappa shape index (κ2) is 9.72. The van der Waals surface area contributed by atoms with Crippen LogP contribution in [-0.4, -0.2) is 12.1 Å². The normalized spacial score (nSPS) is 10.8. The number of aryl methyl sites for hydroxylation is 1. The van der Waals surface area contributed by atoms with Crippen molar-refractivity contribution < 1.29 is 9.53 Å². The molecule has 3 rings (SSSR count). The number of rotatable bonds is 7. The second-order valence-electron chi connectivity index (χ2n) is 6.41. The van der Waals surface area contributed by atoms with Crippen LogP contribution in [0.15, 0.2) is 77.9 Å². The van der Waals surface area contributed by atoms with E-state index in [0.29, 0.717) is 17.4 Å². The van der Waals surface area contributed by atoms with E-state index >= 15 is 0 Å². The molecule has 0 aromatic heterocycles. The Kier molecular flexibility index (Phi) is 6.82. The van der Waals surface area contributed by atoms with Crippen LogP contribution in [0.1, 0.15) is 22.3 Å². The number of nitrogens with zero attached hydrogens (tertiary/aromatic N) is 1. The zero-order valence-electron chi connectivity index (χ0n) is 15.6. The maximum atomic E-state index is 12.0. The van der Waals surface area contributed by atoms with Crippen LogP contribution < -0.4 is 10.2 Å². The van der Waals surface area contributed by atoms with Gasteiger partial charge in [-0.15, -0.1) is 0 Å². The van der Waals surface area contributed by atoms with Crippen molar-refractivity contribution in [3.8, 4) is 5.75 Å². The van der Waals surface area contributed by atoms with Gasteiger partial charge in [-0.25, -0.2) is 5.43 Å². The third-order valence-electron chi connectivity index (χ3n) is 4.08. The lowest BCUT2D eigenvalue weighted by molar-refractivity contribution is -0.120. The molecular weight excluding hydrogens is 372 g/mol. The van der Waals surface area contributed by atoms with Gasteiger partial charge in [0, 0.05) is 10.6 Å². The van der Waals surface area contributed by atoms with E-state index in [2.05, 4.69) is 29.6 Å². The third kappa shape index (κ3) is 5.96. The highest BCUT2D eigenvalue weighted by Gasteiger charge is 2.04. The molecule has 0 radical (unpaired) electrons. The summed E-state index contributed by atoms with van der Waals surface area (Å²) in [5, 5.41) is 4.65. The number of para-hydroxylation sites is 1. The van der Waals surface area contributed by atoms with Crippen LogP contribution in [0.4, 0.5) is 0 Å². The molecule has 28 heavy (non-hydrogen) atoms. The van der Waals surface area contributed by atoms with E-state index < -0.39 is 0 Å². The van der Waals surface area contributed by atoms with Gasteiger partial charge in [0.25, 0.3) is 0 Å². The Bertz CT molecular complexity index is 968. The van der Waals surface area contributed by atoms with Crippen LogP contribution in [0.2, 0.25) is 5.02 Å². The summed E-state index contributed by atoms with van der Waals surface area (Å²) in [4.78, 5) is 12.0. The molecule has 0 bridgehead atoms. The Morgan fingerprint density at radius 2 is 1.82 bits per heavy atom. The molecule has 3 aromatic rings. The van der Waals surface area contributed by atoms with Crippen LogP contribution in [-0.2, 0) is 17.8 Å². The number of amides is 1. The lowest BCUT2D eigenvalue weighted by Crippen LogP contribution is -2.19. The summed E-state index contributed by atoms with van der Waals surface area (Å²) < 4.78 is 5.91. The molecule has 0 fully saturated rings. The molecule has 5 heteroatoms. The average Bonchev–Trinajstić information content (AvgIpc) is 2.68. The van der Waals surface area contributed by atoms with Crippen LogP contribution in [0.5, 0.6) is 5.75 Å². The first kappa shape index (κ1) is 19.6. The highest BCUT2D eigenvalue weighted by molar-refractivity contribution is 6.30. The number of carbonyl (C=O) groups is 1. The molecule has 0 aliphatic carbocycles. The Hall–Kier alpha value is -3.11. The molecule has 0 aliphatic heterocycles. The Morgan fingerprint density at radius 3 is 2.61 bits per heavy atom. The van der Waals surface area contributed by atoms with Gasteiger partial charge in [0.2, 0.25) is 5.91 Å². The molecule has 0 saturated heterocycles. The van der Waals surface area contributed by atoms with E-state index in [1.807, 2.05) is 48.5 Å². The molecule has 0 saturated carbocycles. The Morgan fingerprint density at radius 1 is 1.04 bits per heavy atom. The maximum Gasteiger partial charge on any atom is 0.244 e. The minimum atomic E-state index is -0.212. The first-order valence-electron chi connectivity index (χ1n) is 8.94. The largest absolute Gasteiger partial charge is 0.488 e. The Labute approximate surface area is 169 Å². The van der Waals surface area contributed by atoms with Crippen molar-refractivity contribution in [1.82, 2.24) is 5.43 Å². The number of hydrogen-bond donors (Lipinski definition) is 1. The molecule has 1 N–H and O–H groups in total. The first-order valence-corrected chi connectivity index (χ1v) is 9.32. The number of halogens is 1. The predicted molar refractivity (Wildman–Crippen MR) is 113 cm³/mol. The van der Waals surface area contributed by atoms with Crippen molar-refractivity contribution in [3.05, 3.63) is 100 Å². The quantitative estimate of drug-likeness (QED) is 0.458. The van der Waals surface area contributed by atoms with Gasteiger partial charge in [0.15, 0.2) is 0 Å². The number of carbonyl (C=O) groups excluding carboxylic acids is 1. The Balaban J connectivity index is 1.57. The molecule has 0 heterocycles. The second-order valence-corrected chi connectivity index (χ2v) is 6.85. The van der Waals surface area contributed by atoms with Gasteiger partial charge >= 0.3 is 0 Å². The lowest BCUT2D eigenvalue weighted by atomic mass is 10.1. The number of nitrogens with one attached hydrogen (secondary N) is 1. The summed E-state index contributed by atoms with van der Waals surface area (Å²) >= 11 is 5.94. The molecular formula is C23H21ClN2O2. The van der Waals surface area contributed by atoms with Crippen molar-refractivity contribution in [2.24, 2.45) is 5.10 Å². The minimum Gasteiger partial charge on any atom is -0.488 e. The van der Waals surface area contributed by atoms with Crippen LogP contribution >= 0.6 is 11.6 Å². The molecule has 0 atom stereocenters. The lowest BCUT2D eigenvalue weighted by Gasteiger charge is -2.09. The summed E-state index contributed by atoms with van der Waals surface area (Å²) in [6.07, 6.45) is 1.80. The average molecular weight is 393 g/mol. The fourth-order valence-corrected chi connectivity index (χ4v) is 2.82. The van der Waals surface area contributed by atoms with E-state index in [9.17, 15) is 4.79 Å². The summed E-state index contributed by atoms with van der Waals surface area (Å²) in [5.74, 6) is 0.493. The molecule has 1 amide bonds. The zero-order valence-corrected chi connectivity index (χ0v) is 16.3. The molecule has 4 nitrogen and oxygen atoms in total. The van der Waals surface area contributed by atoms with Gasteiger partial charge in [-0.2, -0.15) is 5.10 Å². The van der Waals surface area contributed by atoms with Crippen molar-refractivity contribution in [2.45, 2.75) is 20.0 Å². The number of benzene rings is 3. The zero-order chi connectivity index (χ0) is 19.8. The molecule has 3 aromatic carbocycles. The molecule has 0 aliphatic rings. The number of hydrazone groups is 1. The van der Waals surface area contributed by atoms with Crippen molar-refractivity contribution >= 4 is 23.7 Å². The standard InChI is InChI=1S/C23H21ClN2O2/c1-17-9-11-18(12-10-17)16-28-22-8-3-2-6-20(22)15-25-26-23(27)14-19-5-4-7-21(24)13-19/h2-13,15H,14,16H2,1H3,(H,26,27)/b25-15+. The van der Waals surface area contributed by atoms with Gasteiger partial charge in [0.05, 0.1) is 12.6 Å². The van der Waals surface area contributed by atoms with Crippen LogP contribution in [0.25, 0.3) is 0 Å². The third-order valence-corrected chi connectivity index (χ3v) is 4.32. The molecule has 142 valence electrons. The predicted octanol–water partition coefficient (Wildman–Crippen LogP) is 4.92. The minimum absolute atomic E-state index is 0.212. The van der Waals surface area contributed by atoms with Crippen molar-refractivity contribution in [2.75, 3.05) is 0 Å². The first-order chi connectivity index (χ1) is 13.6. The van der Waals surface area contributed by atoms with Gasteiger partial charge < -0.3 is 4.74 Å². The number of ether oxygens (including phenoxy) is 1. The summed E-state index contributed by atoms with van der Waals surface area (Å²) in [6.45, 7) is 2.52. The maximum absolute atomic E-state index is 12.0. The van der Waals surface area contributed by atoms with E-state index in [1.54, 1.807) is 18.3 Å². The van der Waals surface area contributed by atoms with Crippen LogP contribution in [0.3, 0.4) is 0 Å². The highest BCUT2D eigenvalue weighted by Crippen LogP contribution is 2.18. The fourth-order valence-electron chi connectivity index (χ4n) is 2.61. The van der Waals surface area contributed by atoms with Crippen molar-refractivity contribution in [1.29, 1.82) is 0 Å². The van der Waals surface area contributed by atoms with E-state index in [0.717, 1.165) is 16.7 Å². The monoisotopic (exact) mass is 392 g/mol. The van der Waals surface area contributed by atoms with E-state index in [-0.39, 0.29) is 12.3 Å². The summed E-state index contributed by atoms with van der Waals surface area (Å²) in [5.41, 5.74) is 6.47. The van der Waals surface area contributed by atoms with Gasteiger partial charge in [0.1, 0.15) is 12.4 Å². The highest BCUT2D eigenvalue weighted by atomic mass is 35.5. The molecule has 0 spiro atoms. The summed E-state index contributed by atoms with van der Waals surface area (Å²) in [7, 11) is 0. The van der Waals surface area contributed by atoms with Gasteiger partial charge in [-0.1, -0.05) is 65.7 Å². The fraction of sp³-hybridized carbons (Fsp3) is 0.130. The summed E-state index contributed by atoms with van der Waals surface area (Å²) in [6, 6.07) is 23.0. The smallest absolute Gasteiger partial charge is 0.244 e. The van der Waals surface area contributed by atoms with Crippen LogP contribution in [0, 0.1) is 6.92 Å². The van der Waals surface area contributed by atoms with Gasteiger partial charge in [-0.3, -0.25) is 4.79 Å². The van der Waals surface area contributed by atoms with E-state index in [4.69, 9.17) is 16.3 Å². The van der Waals surface area contributed by atoms with E-state index in [1.165, 1.54) is 5.56 Å². The van der Waals surface area contributed by atoms with Gasteiger partial charge in [-0.05, 0) is 42.3 Å². The number of hydrogen-bond acceptors (Lipinski definition) is 3. The van der Waals surface area contributed by atoms with Crippen molar-refractivity contribution in [3.63, 3.8) is 0 Å². The SMILES string of the molecule is Cc1ccc(COc2ccccc2/C=N/NC(=O)Cc2cccc(Cl)c2)cc1.